The molecule has 0 fully saturated rings. The van der Waals surface area contributed by atoms with Gasteiger partial charge in [-0.15, -0.1) is 0 Å². The van der Waals surface area contributed by atoms with E-state index in [0.29, 0.717) is 6.42 Å². The SMILES string of the molecule is C=C(C)C(=O)OC(CC)CC(NC(=O)OC(C)(C)C)C(=O)O. The Morgan fingerprint density at radius 1 is 1.27 bits per heavy atom. The molecule has 7 heteroatoms. The van der Waals surface area contributed by atoms with Gasteiger partial charge in [0.15, 0.2) is 0 Å². The summed E-state index contributed by atoms with van der Waals surface area (Å²) in [6.45, 7) is 11.7. The standard InChI is InChI=1S/C15H25NO6/c1-7-10(21-13(19)9(2)3)8-11(12(17)18)16-14(20)22-15(4,5)6/h10-11H,2,7-8H2,1,3-6H3,(H,16,20)(H,17,18). The monoisotopic (exact) mass is 315 g/mol. The molecule has 0 saturated carbocycles. The normalized spacial score (nSPS) is 13.7. The molecule has 7 nitrogen and oxygen atoms in total. The number of amides is 1. The molecular formula is C15H25NO6. The van der Waals surface area contributed by atoms with Crippen LogP contribution >= 0.6 is 0 Å². The Morgan fingerprint density at radius 3 is 2.18 bits per heavy atom. The summed E-state index contributed by atoms with van der Waals surface area (Å²) >= 11 is 0. The molecule has 2 atom stereocenters. The summed E-state index contributed by atoms with van der Waals surface area (Å²) in [4.78, 5) is 34.4. The van der Waals surface area contributed by atoms with Crippen LogP contribution in [0.5, 0.6) is 0 Å². The molecule has 0 aromatic carbocycles. The second-order valence-corrected chi connectivity index (χ2v) is 5.99. The Morgan fingerprint density at radius 2 is 1.82 bits per heavy atom. The highest BCUT2D eigenvalue weighted by atomic mass is 16.6. The molecule has 0 aliphatic carbocycles. The third-order valence-corrected chi connectivity index (χ3v) is 2.57. The minimum absolute atomic E-state index is 0.0515. The number of carbonyl (C=O) groups excluding carboxylic acids is 2. The van der Waals surface area contributed by atoms with Crippen molar-refractivity contribution in [2.45, 2.75) is 65.2 Å². The lowest BCUT2D eigenvalue weighted by atomic mass is 10.1. The third-order valence-electron chi connectivity index (χ3n) is 2.57. The van der Waals surface area contributed by atoms with Gasteiger partial charge in [0.1, 0.15) is 17.7 Å². The average Bonchev–Trinajstić information content (AvgIpc) is 2.33. The molecule has 0 aromatic rings. The first-order valence-corrected chi connectivity index (χ1v) is 7.05. The molecule has 0 rings (SSSR count). The van der Waals surface area contributed by atoms with Crippen LogP contribution in [0.2, 0.25) is 0 Å². The molecule has 0 aliphatic heterocycles. The van der Waals surface area contributed by atoms with E-state index in [1.807, 2.05) is 0 Å². The molecule has 0 heterocycles. The maximum absolute atomic E-state index is 11.7. The highest BCUT2D eigenvalue weighted by molar-refractivity contribution is 5.87. The van der Waals surface area contributed by atoms with Crippen LogP contribution in [0, 0.1) is 0 Å². The number of nitrogens with one attached hydrogen (secondary N) is 1. The molecule has 0 aromatic heterocycles. The van der Waals surface area contributed by atoms with Crippen LogP contribution in [0.1, 0.15) is 47.5 Å². The van der Waals surface area contributed by atoms with E-state index in [1.54, 1.807) is 27.7 Å². The number of ether oxygens (including phenoxy) is 2. The van der Waals surface area contributed by atoms with Crippen molar-refractivity contribution < 1.29 is 29.0 Å². The first-order chi connectivity index (χ1) is 9.96. The van der Waals surface area contributed by atoms with E-state index < -0.39 is 35.8 Å². The molecule has 22 heavy (non-hydrogen) atoms. The number of carboxylic acids is 1. The number of carbonyl (C=O) groups is 3. The molecule has 2 unspecified atom stereocenters. The number of hydrogen-bond acceptors (Lipinski definition) is 5. The van der Waals surface area contributed by atoms with Gasteiger partial charge >= 0.3 is 18.0 Å². The number of hydrogen-bond donors (Lipinski definition) is 2. The molecular weight excluding hydrogens is 290 g/mol. The zero-order valence-electron chi connectivity index (χ0n) is 13.8. The Labute approximate surface area is 130 Å². The van der Waals surface area contributed by atoms with E-state index in [2.05, 4.69) is 11.9 Å². The Balaban J connectivity index is 4.74. The summed E-state index contributed by atoms with van der Waals surface area (Å²) in [6.07, 6.45) is -1.11. The van der Waals surface area contributed by atoms with E-state index in [-0.39, 0.29) is 12.0 Å². The number of esters is 1. The summed E-state index contributed by atoms with van der Waals surface area (Å²) < 4.78 is 10.1. The summed E-state index contributed by atoms with van der Waals surface area (Å²) in [5.74, 6) is -1.82. The van der Waals surface area contributed by atoms with Crippen molar-refractivity contribution in [3.63, 3.8) is 0 Å². The van der Waals surface area contributed by atoms with Crippen molar-refractivity contribution >= 4 is 18.0 Å². The van der Waals surface area contributed by atoms with Crippen LogP contribution in [0.3, 0.4) is 0 Å². The second kappa shape index (κ2) is 8.41. The first kappa shape index (κ1) is 19.9. The van der Waals surface area contributed by atoms with Crippen molar-refractivity contribution in [1.82, 2.24) is 5.32 Å². The fourth-order valence-electron chi connectivity index (χ4n) is 1.48. The van der Waals surface area contributed by atoms with E-state index in [0.717, 1.165) is 0 Å². The molecule has 0 bridgehead atoms. The summed E-state index contributed by atoms with van der Waals surface area (Å²) in [5.41, 5.74) is -0.505. The van der Waals surface area contributed by atoms with Gasteiger partial charge in [0.2, 0.25) is 0 Å². The van der Waals surface area contributed by atoms with Gasteiger partial charge in [-0.1, -0.05) is 13.5 Å². The van der Waals surface area contributed by atoms with Crippen LogP contribution < -0.4 is 5.32 Å². The van der Waals surface area contributed by atoms with E-state index >= 15 is 0 Å². The Bertz CT molecular complexity index is 438. The van der Waals surface area contributed by atoms with Gasteiger partial charge in [0, 0.05) is 12.0 Å². The number of carboxylic acid groups (broad SMARTS) is 1. The minimum atomic E-state index is -1.23. The molecule has 126 valence electrons. The van der Waals surface area contributed by atoms with Gasteiger partial charge in [-0.2, -0.15) is 0 Å². The van der Waals surface area contributed by atoms with Gasteiger partial charge in [-0.05, 0) is 34.1 Å². The highest BCUT2D eigenvalue weighted by Crippen LogP contribution is 2.12. The molecule has 0 spiro atoms. The second-order valence-electron chi connectivity index (χ2n) is 5.99. The van der Waals surface area contributed by atoms with Crippen LogP contribution in [0.25, 0.3) is 0 Å². The molecule has 1 amide bonds. The zero-order chi connectivity index (χ0) is 17.5. The van der Waals surface area contributed by atoms with Gasteiger partial charge < -0.3 is 19.9 Å². The molecule has 2 N–H and O–H groups in total. The molecule has 0 aliphatic rings. The summed E-state index contributed by atoms with van der Waals surface area (Å²) in [7, 11) is 0. The van der Waals surface area contributed by atoms with E-state index in [9.17, 15) is 19.5 Å². The number of aliphatic carboxylic acids is 1. The van der Waals surface area contributed by atoms with Crippen molar-refractivity contribution in [2.75, 3.05) is 0 Å². The van der Waals surface area contributed by atoms with Crippen molar-refractivity contribution in [3.05, 3.63) is 12.2 Å². The van der Waals surface area contributed by atoms with E-state index in [1.165, 1.54) is 6.92 Å². The number of alkyl carbamates (subject to hydrolysis) is 1. The smallest absolute Gasteiger partial charge is 0.408 e. The lowest BCUT2D eigenvalue weighted by Crippen LogP contribution is -2.45. The predicted octanol–water partition coefficient (Wildman–Crippen LogP) is 2.25. The van der Waals surface area contributed by atoms with Gasteiger partial charge in [-0.25, -0.2) is 14.4 Å². The predicted molar refractivity (Wildman–Crippen MR) is 80.4 cm³/mol. The van der Waals surface area contributed by atoms with Crippen LogP contribution in [-0.4, -0.2) is 40.9 Å². The minimum Gasteiger partial charge on any atom is -0.480 e. The van der Waals surface area contributed by atoms with Gasteiger partial charge in [-0.3, -0.25) is 0 Å². The first-order valence-electron chi connectivity index (χ1n) is 7.05. The maximum atomic E-state index is 11.7. The lowest BCUT2D eigenvalue weighted by molar-refractivity contribution is -0.148. The van der Waals surface area contributed by atoms with Crippen LogP contribution in [0.15, 0.2) is 12.2 Å². The molecule has 0 radical (unpaired) electrons. The van der Waals surface area contributed by atoms with Crippen molar-refractivity contribution in [3.8, 4) is 0 Å². The van der Waals surface area contributed by atoms with Crippen LogP contribution in [0.4, 0.5) is 4.79 Å². The highest BCUT2D eigenvalue weighted by Gasteiger charge is 2.28. The Hall–Kier alpha value is -2.05. The number of rotatable bonds is 7. The van der Waals surface area contributed by atoms with Gasteiger partial charge in [0.05, 0.1) is 0 Å². The lowest BCUT2D eigenvalue weighted by Gasteiger charge is -2.24. The van der Waals surface area contributed by atoms with Crippen molar-refractivity contribution in [2.24, 2.45) is 0 Å². The van der Waals surface area contributed by atoms with Crippen LogP contribution in [-0.2, 0) is 19.1 Å². The summed E-state index contributed by atoms with van der Waals surface area (Å²) in [6, 6.07) is -1.21. The largest absolute Gasteiger partial charge is 0.480 e. The fourth-order valence-corrected chi connectivity index (χ4v) is 1.48. The fraction of sp³-hybridized carbons (Fsp3) is 0.667. The van der Waals surface area contributed by atoms with E-state index in [4.69, 9.17) is 9.47 Å². The molecule has 0 saturated heterocycles. The van der Waals surface area contributed by atoms with Gasteiger partial charge in [0.25, 0.3) is 0 Å². The summed E-state index contributed by atoms with van der Waals surface area (Å²) in [5, 5.41) is 11.4. The zero-order valence-corrected chi connectivity index (χ0v) is 13.8. The maximum Gasteiger partial charge on any atom is 0.408 e. The van der Waals surface area contributed by atoms with Crippen molar-refractivity contribution in [1.29, 1.82) is 0 Å². The third kappa shape index (κ3) is 8.28. The topological polar surface area (TPSA) is 102 Å². The Kier molecular flexibility index (Phi) is 7.62. The average molecular weight is 315 g/mol. The quantitative estimate of drug-likeness (QED) is 0.552.